The fourth-order valence-corrected chi connectivity index (χ4v) is 0.486. The van der Waals surface area contributed by atoms with Gasteiger partial charge in [0.25, 0.3) is 0 Å². The molecule has 0 heterocycles. The molecular weight excluding hydrogens is 192 g/mol. The summed E-state index contributed by atoms with van der Waals surface area (Å²) in [6, 6.07) is -2.08. The van der Waals surface area contributed by atoms with Gasteiger partial charge in [0.15, 0.2) is 0 Å². The highest BCUT2D eigenvalue weighted by atomic mass is 16.2. The van der Waals surface area contributed by atoms with Crippen LogP contribution in [-0.2, 0) is 0 Å². The molecule has 0 aliphatic heterocycles. The average Bonchev–Trinajstić information content (AvgIpc) is 2.02. The Morgan fingerprint density at radius 2 is 1.14 bits per heavy atom. The Hall–Kier alpha value is -2.19. The molecule has 0 spiro atoms. The van der Waals surface area contributed by atoms with Crippen molar-refractivity contribution in [3.05, 3.63) is 0 Å². The number of carbonyl (C=O) groups is 3. The summed E-state index contributed by atoms with van der Waals surface area (Å²) < 4.78 is 0. The van der Waals surface area contributed by atoms with Crippen molar-refractivity contribution in [3.8, 4) is 0 Å². The van der Waals surface area contributed by atoms with Crippen molar-refractivity contribution >= 4 is 18.1 Å². The van der Waals surface area contributed by atoms with Gasteiger partial charge in [0.2, 0.25) is 0 Å². The zero-order valence-corrected chi connectivity index (χ0v) is 7.29. The second kappa shape index (κ2) is 6.34. The summed E-state index contributed by atoms with van der Waals surface area (Å²) in [6.45, 7) is -0.199. The molecule has 0 aromatic heterocycles. The van der Waals surface area contributed by atoms with Gasteiger partial charge in [-0.05, 0) is 0 Å². The van der Waals surface area contributed by atoms with Gasteiger partial charge >= 0.3 is 18.1 Å². The Kier molecular flexibility index (Phi) is 5.35. The Morgan fingerprint density at radius 3 is 1.43 bits per heavy atom. The van der Waals surface area contributed by atoms with Gasteiger partial charge in [-0.1, -0.05) is 0 Å². The summed E-state index contributed by atoms with van der Waals surface area (Å²) in [7, 11) is 0. The fraction of sp³-hybridized carbons (Fsp3) is 0.400. The van der Waals surface area contributed by atoms with Crippen molar-refractivity contribution < 1.29 is 14.4 Å². The number of hydrogen-bond donors (Lipinski definition) is 6. The van der Waals surface area contributed by atoms with Gasteiger partial charge in [-0.2, -0.15) is 0 Å². The highest BCUT2D eigenvalue weighted by molar-refractivity contribution is 5.76. The molecule has 0 radical (unpaired) electrons. The van der Waals surface area contributed by atoms with Crippen molar-refractivity contribution in [2.45, 2.75) is 0 Å². The number of urea groups is 3. The minimum absolute atomic E-state index is 0.0995. The number of nitrogens with one attached hydrogen (secondary N) is 4. The third-order valence-corrected chi connectivity index (χ3v) is 1.02. The third-order valence-electron chi connectivity index (χ3n) is 1.02. The summed E-state index contributed by atoms with van der Waals surface area (Å²) in [5.74, 6) is 0. The molecule has 9 nitrogen and oxygen atoms in total. The third kappa shape index (κ3) is 7.91. The summed E-state index contributed by atoms with van der Waals surface area (Å²) in [5, 5.41) is 8.73. The van der Waals surface area contributed by atoms with Gasteiger partial charge in [-0.25, -0.2) is 14.4 Å². The van der Waals surface area contributed by atoms with Crippen LogP contribution >= 0.6 is 0 Å². The van der Waals surface area contributed by atoms with Crippen LogP contribution in [0.25, 0.3) is 0 Å². The molecule has 0 unspecified atom stereocenters. The summed E-state index contributed by atoms with van der Waals surface area (Å²) in [5.41, 5.74) is 9.45. The van der Waals surface area contributed by atoms with E-state index >= 15 is 0 Å². The topological polar surface area (TPSA) is 151 Å². The molecule has 8 N–H and O–H groups in total. The first-order valence-corrected chi connectivity index (χ1v) is 3.60. The maximum Gasteiger partial charge on any atom is 0.317 e. The van der Waals surface area contributed by atoms with Gasteiger partial charge in [0.1, 0.15) is 0 Å². The molecule has 0 atom stereocenters. The number of rotatable bonds is 4. The van der Waals surface area contributed by atoms with Crippen LogP contribution in [0.3, 0.4) is 0 Å². The number of hydrogen-bond acceptors (Lipinski definition) is 3. The molecule has 0 aliphatic rings. The van der Waals surface area contributed by atoms with Crippen LogP contribution in [0.15, 0.2) is 0 Å². The highest BCUT2D eigenvalue weighted by Gasteiger charge is 1.98. The van der Waals surface area contributed by atoms with Crippen molar-refractivity contribution in [3.63, 3.8) is 0 Å². The second-order valence-corrected chi connectivity index (χ2v) is 2.12. The monoisotopic (exact) mass is 204 g/mol. The zero-order valence-electron chi connectivity index (χ0n) is 7.29. The van der Waals surface area contributed by atoms with E-state index < -0.39 is 18.1 Å². The smallest absolute Gasteiger partial charge is 0.317 e. The summed E-state index contributed by atoms with van der Waals surface area (Å²) >= 11 is 0. The molecule has 0 saturated carbocycles. The molecule has 9 heteroatoms. The molecule has 0 aromatic rings. The van der Waals surface area contributed by atoms with Gasteiger partial charge in [0.05, 0.1) is 13.3 Å². The first kappa shape index (κ1) is 11.8. The highest BCUT2D eigenvalue weighted by Crippen LogP contribution is 1.61. The largest absolute Gasteiger partial charge is 0.352 e. The van der Waals surface area contributed by atoms with Crippen LogP contribution in [0.1, 0.15) is 0 Å². The molecule has 0 aromatic carbocycles. The number of carbonyl (C=O) groups excluding carboxylic acids is 3. The lowest BCUT2D eigenvalue weighted by atomic mass is 10.8. The Balaban J connectivity index is 3.37. The maximum atomic E-state index is 10.8. The quantitative estimate of drug-likeness (QED) is 0.281. The molecule has 0 saturated heterocycles. The van der Waals surface area contributed by atoms with Crippen LogP contribution in [0.5, 0.6) is 0 Å². The van der Waals surface area contributed by atoms with Gasteiger partial charge in [0, 0.05) is 0 Å². The van der Waals surface area contributed by atoms with E-state index in [4.69, 9.17) is 11.5 Å². The van der Waals surface area contributed by atoms with E-state index in [-0.39, 0.29) is 13.3 Å². The van der Waals surface area contributed by atoms with Crippen molar-refractivity contribution in [2.24, 2.45) is 11.5 Å². The average molecular weight is 204 g/mol. The molecule has 14 heavy (non-hydrogen) atoms. The van der Waals surface area contributed by atoms with E-state index in [9.17, 15) is 14.4 Å². The maximum absolute atomic E-state index is 10.8. The molecule has 0 aliphatic carbocycles. The Bertz CT molecular complexity index is 208. The molecular formula is C5H12N6O3. The van der Waals surface area contributed by atoms with Crippen molar-refractivity contribution in [1.29, 1.82) is 0 Å². The Morgan fingerprint density at radius 1 is 0.786 bits per heavy atom. The van der Waals surface area contributed by atoms with Crippen LogP contribution < -0.4 is 32.7 Å². The van der Waals surface area contributed by atoms with Gasteiger partial charge in [-0.15, -0.1) is 0 Å². The number of amides is 6. The minimum atomic E-state index is -0.749. The van der Waals surface area contributed by atoms with Crippen molar-refractivity contribution in [2.75, 3.05) is 13.3 Å². The number of primary amides is 2. The lowest BCUT2D eigenvalue weighted by Gasteiger charge is -2.07. The predicted molar refractivity (Wildman–Crippen MR) is 46.8 cm³/mol. The number of nitrogens with two attached hydrogens (primary N) is 2. The first-order valence-electron chi connectivity index (χ1n) is 3.60. The van der Waals surface area contributed by atoms with E-state index in [0.29, 0.717) is 0 Å². The van der Waals surface area contributed by atoms with Crippen molar-refractivity contribution in [1.82, 2.24) is 21.3 Å². The normalized spacial score (nSPS) is 8.57. The predicted octanol–water partition coefficient (Wildman–Crippen LogP) is -2.46. The molecule has 0 bridgehead atoms. The van der Waals surface area contributed by atoms with Crippen LogP contribution in [0.2, 0.25) is 0 Å². The minimum Gasteiger partial charge on any atom is -0.352 e. The lowest BCUT2D eigenvalue weighted by molar-refractivity contribution is 0.235. The molecule has 0 fully saturated rings. The van der Waals surface area contributed by atoms with Crippen LogP contribution in [0.4, 0.5) is 14.4 Å². The second-order valence-electron chi connectivity index (χ2n) is 2.12. The van der Waals surface area contributed by atoms with E-state index in [1.54, 1.807) is 0 Å². The summed E-state index contributed by atoms with van der Waals surface area (Å²) in [4.78, 5) is 31.1. The first-order chi connectivity index (χ1) is 6.52. The van der Waals surface area contributed by atoms with Gasteiger partial charge < -0.3 is 32.7 Å². The van der Waals surface area contributed by atoms with Gasteiger partial charge in [-0.3, -0.25) is 0 Å². The van der Waals surface area contributed by atoms with Crippen LogP contribution in [0, 0.1) is 0 Å². The fourth-order valence-electron chi connectivity index (χ4n) is 0.486. The van der Waals surface area contributed by atoms with E-state index in [1.165, 1.54) is 0 Å². The molecule has 6 amide bonds. The standard InChI is InChI=1S/C5H12N6O3/c6-3(12)8-1-10-5(14)11-2-9-4(7)13/h1-2H2,(H3,6,8,12)(H3,7,9,13)(H2,10,11,14). The molecule has 0 rings (SSSR count). The summed E-state index contributed by atoms with van der Waals surface area (Å²) in [6.07, 6.45) is 0. The Labute approximate surface area is 79.6 Å². The van der Waals surface area contributed by atoms with Crippen LogP contribution in [-0.4, -0.2) is 31.4 Å². The van der Waals surface area contributed by atoms with E-state index in [0.717, 1.165) is 0 Å². The lowest BCUT2D eigenvalue weighted by Crippen LogP contribution is -2.47. The zero-order chi connectivity index (χ0) is 11.0. The van der Waals surface area contributed by atoms with E-state index in [1.807, 2.05) is 0 Å². The molecule has 80 valence electrons. The van der Waals surface area contributed by atoms with E-state index in [2.05, 4.69) is 21.3 Å². The SMILES string of the molecule is NC(=O)NCNC(=O)NCNC(N)=O.